The SMILES string of the molecule is Cc1ccc(C(=O)N2CCN3C(=O)OC4(CN(C(=O)C5CC5)C4)C3C2)cc1. The molecule has 1 aromatic rings. The smallest absolute Gasteiger partial charge is 0.411 e. The molecule has 0 bridgehead atoms. The van der Waals surface area contributed by atoms with Gasteiger partial charge in [0, 0.05) is 31.1 Å². The van der Waals surface area contributed by atoms with Crippen molar-refractivity contribution >= 4 is 17.9 Å². The molecule has 1 aromatic carbocycles. The third-order valence-electron chi connectivity index (χ3n) is 6.25. The van der Waals surface area contributed by atoms with E-state index in [9.17, 15) is 14.4 Å². The number of benzene rings is 1. The van der Waals surface area contributed by atoms with Crippen LogP contribution in [0.1, 0.15) is 28.8 Å². The number of amides is 3. The van der Waals surface area contributed by atoms with Crippen molar-refractivity contribution < 1.29 is 19.1 Å². The van der Waals surface area contributed by atoms with Gasteiger partial charge >= 0.3 is 6.09 Å². The van der Waals surface area contributed by atoms with E-state index in [1.54, 1.807) is 14.7 Å². The largest absolute Gasteiger partial charge is 0.437 e. The van der Waals surface area contributed by atoms with E-state index in [1.165, 1.54) is 0 Å². The third-order valence-corrected chi connectivity index (χ3v) is 6.25. The van der Waals surface area contributed by atoms with Gasteiger partial charge in [-0.3, -0.25) is 14.5 Å². The fourth-order valence-electron chi connectivity index (χ4n) is 4.43. The van der Waals surface area contributed by atoms with Gasteiger partial charge in [-0.25, -0.2) is 4.79 Å². The van der Waals surface area contributed by atoms with E-state index in [-0.39, 0.29) is 29.9 Å². The summed E-state index contributed by atoms with van der Waals surface area (Å²) in [5, 5.41) is 0. The van der Waals surface area contributed by atoms with Crippen molar-refractivity contribution in [2.45, 2.75) is 31.4 Å². The molecule has 142 valence electrons. The van der Waals surface area contributed by atoms with E-state index < -0.39 is 5.60 Å². The fraction of sp³-hybridized carbons (Fsp3) is 0.550. The molecule has 7 nitrogen and oxygen atoms in total. The monoisotopic (exact) mass is 369 g/mol. The highest BCUT2D eigenvalue weighted by molar-refractivity contribution is 5.94. The van der Waals surface area contributed by atoms with Gasteiger partial charge in [0.1, 0.15) is 0 Å². The molecule has 7 heteroatoms. The average molecular weight is 369 g/mol. The van der Waals surface area contributed by atoms with E-state index in [2.05, 4.69) is 0 Å². The highest BCUT2D eigenvalue weighted by atomic mass is 16.6. The highest BCUT2D eigenvalue weighted by Crippen LogP contribution is 2.42. The van der Waals surface area contributed by atoms with Crippen molar-refractivity contribution in [3.63, 3.8) is 0 Å². The zero-order valence-electron chi connectivity index (χ0n) is 15.4. The molecular formula is C20H23N3O4. The van der Waals surface area contributed by atoms with Crippen molar-refractivity contribution in [3.8, 4) is 0 Å². The maximum absolute atomic E-state index is 12.9. The van der Waals surface area contributed by atoms with Crippen molar-refractivity contribution in [2.75, 3.05) is 32.7 Å². The Morgan fingerprint density at radius 3 is 2.44 bits per heavy atom. The highest BCUT2D eigenvalue weighted by Gasteiger charge is 2.63. The minimum atomic E-state index is -0.659. The molecule has 4 aliphatic rings. The van der Waals surface area contributed by atoms with E-state index in [0.717, 1.165) is 18.4 Å². The summed E-state index contributed by atoms with van der Waals surface area (Å²) in [6.45, 7) is 4.30. The summed E-state index contributed by atoms with van der Waals surface area (Å²) in [5.74, 6) is 0.328. The van der Waals surface area contributed by atoms with Crippen LogP contribution in [-0.2, 0) is 9.53 Å². The zero-order chi connectivity index (χ0) is 18.8. The number of likely N-dealkylation sites (tertiary alicyclic amines) is 1. The van der Waals surface area contributed by atoms with Gasteiger partial charge in [-0.15, -0.1) is 0 Å². The maximum Gasteiger partial charge on any atom is 0.411 e. The Balaban J connectivity index is 1.31. The Labute approximate surface area is 157 Å². The van der Waals surface area contributed by atoms with Crippen molar-refractivity contribution in [2.24, 2.45) is 5.92 Å². The van der Waals surface area contributed by atoms with Gasteiger partial charge in [0.2, 0.25) is 5.91 Å². The second kappa shape index (κ2) is 5.71. The van der Waals surface area contributed by atoms with Crippen molar-refractivity contribution in [3.05, 3.63) is 35.4 Å². The maximum atomic E-state index is 12.9. The van der Waals surface area contributed by atoms with Crippen molar-refractivity contribution in [1.29, 1.82) is 0 Å². The van der Waals surface area contributed by atoms with Crippen LogP contribution in [0, 0.1) is 12.8 Å². The molecule has 5 rings (SSSR count). The molecule has 0 radical (unpaired) electrons. The van der Waals surface area contributed by atoms with Gasteiger partial charge in [0.25, 0.3) is 5.91 Å². The summed E-state index contributed by atoms with van der Waals surface area (Å²) in [6, 6.07) is 7.36. The fourth-order valence-corrected chi connectivity index (χ4v) is 4.43. The number of piperazine rings is 1. The van der Waals surface area contributed by atoms with Gasteiger partial charge in [-0.2, -0.15) is 0 Å². The average Bonchev–Trinajstić information content (AvgIpc) is 3.44. The molecule has 4 fully saturated rings. The molecule has 27 heavy (non-hydrogen) atoms. The molecule has 0 aromatic heterocycles. The number of hydrogen-bond donors (Lipinski definition) is 0. The minimum Gasteiger partial charge on any atom is -0.437 e. The molecule has 3 amide bonds. The van der Waals surface area contributed by atoms with Crippen LogP contribution in [0.25, 0.3) is 0 Å². The zero-order valence-corrected chi connectivity index (χ0v) is 15.4. The lowest BCUT2D eigenvalue weighted by molar-refractivity contribution is -0.156. The van der Waals surface area contributed by atoms with Crippen LogP contribution in [0.4, 0.5) is 4.79 Å². The first kappa shape index (κ1) is 16.6. The number of fused-ring (bicyclic) bond motifs is 2. The minimum absolute atomic E-state index is 0.0191. The van der Waals surface area contributed by atoms with Gasteiger partial charge in [-0.05, 0) is 31.9 Å². The van der Waals surface area contributed by atoms with E-state index in [4.69, 9.17) is 4.74 Å². The summed E-state index contributed by atoms with van der Waals surface area (Å²) in [6.07, 6.45) is 1.62. The van der Waals surface area contributed by atoms with E-state index in [0.29, 0.717) is 38.3 Å². The van der Waals surface area contributed by atoms with E-state index >= 15 is 0 Å². The summed E-state index contributed by atoms with van der Waals surface area (Å²) in [4.78, 5) is 42.8. The number of carbonyl (C=O) groups is 3. The van der Waals surface area contributed by atoms with Crippen LogP contribution in [0.5, 0.6) is 0 Å². The Morgan fingerprint density at radius 1 is 1.07 bits per heavy atom. The summed E-state index contributed by atoms with van der Waals surface area (Å²) >= 11 is 0. The van der Waals surface area contributed by atoms with Crippen LogP contribution >= 0.6 is 0 Å². The van der Waals surface area contributed by atoms with E-state index in [1.807, 2.05) is 31.2 Å². The van der Waals surface area contributed by atoms with Gasteiger partial charge in [-0.1, -0.05) is 17.7 Å². The quantitative estimate of drug-likeness (QED) is 0.787. The molecule has 1 saturated carbocycles. The van der Waals surface area contributed by atoms with Gasteiger partial charge in [0.15, 0.2) is 5.60 Å². The van der Waals surface area contributed by atoms with Crippen LogP contribution in [0.3, 0.4) is 0 Å². The summed E-state index contributed by atoms with van der Waals surface area (Å²) < 4.78 is 5.72. The standard InChI is InChI=1S/C20H23N3O4/c1-13-2-4-14(5-3-13)17(24)21-8-9-23-16(10-21)20(27-19(23)26)11-22(12-20)18(25)15-6-7-15/h2-5,15-16H,6-12H2,1H3. The number of rotatable bonds is 2. The first-order chi connectivity index (χ1) is 13.0. The Bertz CT molecular complexity index is 811. The topological polar surface area (TPSA) is 70.2 Å². The number of nitrogens with zero attached hydrogens (tertiary/aromatic N) is 3. The Kier molecular flexibility index (Phi) is 3.51. The van der Waals surface area contributed by atoms with Crippen LogP contribution in [0.2, 0.25) is 0 Å². The number of aryl methyl sites for hydroxylation is 1. The molecule has 3 saturated heterocycles. The van der Waals surface area contributed by atoms with Gasteiger partial charge < -0.3 is 14.5 Å². The lowest BCUT2D eigenvalue weighted by Gasteiger charge is -2.51. The van der Waals surface area contributed by atoms with Crippen LogP contribution in [0.15, 0.2) is 24.3 Å². The first-order valence-corrected chi connectivity index (χ1v) is 9.61. The number of ether oxygens (including phenoxy) is 1. The van der Waals surface area contributed by atoms with Crippen LogP contribution in [-0.4, -0.2) is 77.0 Å². The molecule has 1 spiro atoms. The predicted octanol–water partition coefficient (Wildman–Crippen LogP) is 1.26. The molecule has 3 aliphatic heterocycles. The summed E-state index contributed by atoms with van der Waals surface area (Å²) in [7, 11) is 0. The summed E-state index contributed by atoms with van der Waals surface area (Å²) in [5.41, 5.74) is 1.11. The lowest BCUT2D eigenvalue weighted by atomic mass is 9.84. The third kappa shape index (κ3) is 2.59. The van der Waals surface area contributed by atoms with Crippen molar-refractivity contribution in [1.82, 2.24) is 14.7 Å². The van der Waals surface area contributed by atoms with Crippen LogP contribution < -0.4 is 0 Å². The first-order valence-electron chi connectivity index (χ1n) is 9.61. The second-order valence-electron chi connectivity index (χ2n) is 8.23. The molecular weight excluding hydrogens is 346 g/mol. The predicted molar refractivity (Wildman–Crippen MR) is 96.1 cm³/mol. The molecule has 3 heterocycles. The normalized spacial score (nSPS) is 25.9. The molecule has 1 atom stereocenters. The molecule has 1 aliphatic carbocycles. The molecule has 0 N–H and O–H groups in total. The number of hydrogen-bond acceptors (Lipinski definition) is 4. The second-order valence-corrected chi connectivity index (χ2v) is 8.23. The lowest BCUT2D eigenvalue weighted by Crippen LogP contribution is -2.72. The van der Waals surface area contributed by atoms with Gasteiger partial charge in [0.05, 0.1) is 19.1 Å². The Morgan fingerprint density at radius 2 is 1.78 bits per heavy atom. The number of carbonyl (C=O) groups excluding carboxylic acids is 3. The Hall–Kier alpha value is -2.57. The molecule has 1 unspecified atom stereocenters.